The number of hydrogen-bond acceptors (Lipinski definition) is 3. The van der Waals surface area contributed by atoms with Gasteiger partial charge in [-0.3, -0.25) is 0 Å². The minimum atomic E-state index is 0.123. The summed E-state index contributed by atoms with van der Waals surface area (Å²) in [5.41, 5.74) is 3.56. The van der Waals surface area contributed by atoms with Crippen molar-refractivity contribution in [2.45, 2.75) is 26.5 Å². The Morgan fingerprint density at radius 1 is 1.33 bits per heavy atom. The monoisotopic (exact) mass is 248 g/mol. The number of benzene rings is 1. The molecule has 0 aromatic heterocycles. The van der Waals surface area contributed by atoms with Crippen LogP contribution in [0.2, 0.25) is 0 Å². The average Bonchev–Trinajstić information content (AvgIpc) is 2.71. The summed E-state index contributed by atoms with van der Waals surface area (Å²) in [6.45, 7) is 6.78. The molecule has 100 valence electrons. The van der Waals surface area contributed by atoms with Crippen LogP contribution >= 0.6 is 0 Å². The molecule has 2 rings (SSSR count). The fourth-order valence-electron chi connectivity index (χ4n) is 2.99. The Bertz CT molecular complexity index is 417. The van der Waals surface area contributed by atoms with Gasteiger partial charge < -0.3 is 14.9 Å². The Morgan fingerprint density at radius 2 is 2.06 bits per heavy atom. The molecule has 0 amide bonds. The summed E-state index contributed by atoms with van der Waals surface area (Å²) < 4.78 is 0. The van der Waals surface area contributed by atoms with Gasteiger partial charge >= 0.3 is 0 Å². The summed E-state index contributed by atoms with van der Waals surface area (Å²) in [5, 5.41) is 9.15. The van der Waals surface area contributed by atoms with Crippen molar-refractivity contribution in [3.8, 4) is 0 Å². The zero-order chi connectivity index (χ0) is 13.3. The van der Waals surface area contributed by atoms with E-state index in [1.165, 1.54) is 11.3 Å². The molecule has 1 aromatic carbocycles. The Hall–Kier alpha value is -1.06. The first kappa shape index (κ1) is 13.4. The van der Waals surface area contributed by atoms with E-state index >= 15 is 0 Å². The number of aliphatic hydroxyl groups is 1. The van der Waals surface area contributed by atoms with Gasteiger partial charge in [0.15, 0.2) is 0 Å². The Kier molecular flexibility index (Phi) is 3.93. The molecule has 1 aliphatic heterocycles. The van der Waals surface area contributed by atoms with Gasteiger partial charge in [0.25, 0.3) is 0 Å². The molecule has 0 bridgehead atoms. The molecular weight excluding hydrogens is 224 g/mol. The second kappa shape index (κ2) is 5.29. The van der Waals surface area contributed by atoms with E-state index in [0.717, 1.165) is 18.7 Å². The Balaban J connectivity index is 2.18. The van der Waals surface area contributed by atoms with Gasteiger partial charge in [0.1, 0.15) is 0 Å². The second-order valence-corrected chi connectivity index (χ2v) is 5.69. The van der Waals surface area contributed by atoms with E-state index in [9.17, 15) is 0 Å². The highest BCUT2D eigenvalue weighted by Gasteiger charge is 2.31. The lowest BCUT2D eigenvalue weighted by atomic mass is 10.1. The first-order valence-electron chi connectivity index (χ1n) is 6.64. The topological polar surface area (TPSA) is 26.7 Å². The molecule has 18 heavy (non-hydrogen) atoms. The molecule has 0 aliphatic carbocycles. The molecule has 3 nitrogen and oxygen atoms in total. The van der Waals surface area contributed by atoms with Gasteiger partial charge in [-0.15, -0.1) is 0 Å². The molecule has 1 aromatic rings. The lowest BCUT2D eigenvalue weighted by molar-refractivity contribution is 0.266. The SMILES string of the molecule is Cc1cc(CO)ccc1N1CC(C)C(N(C)C)C1. The van der Waals surface area contributed by atoms with E-state index in [1.54, 1.807) is 0 Å². The molecule has 0 spiro atoms. The van der Waals surface area contributed by atoms with Crippen LogP contribution < -0.4 is 4.90 Å². The van der Waals surface area contributed by atoms with Crippen LogP contribution in [0.4, 0.5) is 5.69 Å². The predicted molar refractivity (Wildman–Crippen MR) is 76.0 cm³/mol. The van der Waals surface area contributed by atoms with Gasteiger partial charge in [0.2, 0.25) is 0 Å². The van der Waals surface area contributed by atoms with Crippen LogP contribution in [0.25, 0.3) is 0 Å². The number of hydrogen-bond donors (Lipinski definition) is 1. The molecule has 1 aliphatic rings. The highest BCUT2D eigenvalue weighted by atomic mass is 16.3. The van der Waals surface area contributed by atoms with E-state index in [2.05, 4.69) is 49.9 Å². The van der Waals surface area contributed by atoms with Gasteiger partial charge in [-0.1, -0.05) is 19.1 Å². The third-order valence-corrected chi connectivity index (χ3v) is 4.02. The smallest absolute Gasteiger partial charge is 0.0681 e. The van der Waals surface area contributed by atoms with E-state index in [1.807, 2.05) is 6.07 Å². The zero-order valence-corrected chi connectivity index (χ0v) is 11.8. The summed E-state index contributed by atoms with van der Waals surface area (Å²) in [7, 11) is 4.32. The van der Waals surface area contributed by atoms with Crippen molar-refractivity contribution in [3.05, 3.63) is 29.3 Å². The van der Waals surface area contributed by atoms with Crippen LogP contribution in [0.5, 0.6) is 0 Å². The number of nitrogens with zero attached hydrogens (tertiary/aromatic N) is 2. The van der Waals surface area contributed by atoms with Crippen LogP contribution in [-0.4, -0.2) is 43.2 Å². The number of likely N-dealkylation sites (N-methyl/N-ethyl adjacent to an activating group) is 1. The number of rotatable bonds is 3. The third-order valence-electron chi connectivity index (χ3n) is 4.02. The molecular formula is C15H24N2O. The Labute approximate surface area is 110 Å². The number of aryl methyl sites for hydroxylation is 1. The molecule has 1 saturated heterocycles. The molecule has 2 atom stereocenters. The average molecular weight is 248 g/mol. The van der Waals surface area contributed by atoms with Gasteiger partial charge in [0, 0.05) is 24.8 Å². The number of aliphatic hydroxyl groups excluding tert-OH is 1. The number of anilines is 1. The second-order valence-electron chi connectivity index (χ2n) is 5.69. The van der Waals surface area contributed by atoms with E-state index in [0.29, 0.717) is 12.0 Å². The van der Waals surface area contributed by atoms with Crippen LogP contribution in [0.15, 0.2) is 18.2 Å². The fraction of sp³-hybridized carbons (Fsp3) is 0.600. The van der Waals surface area contributed by atoms with Gasteiger partial charge in [-0.2, -0.15) is 0 Å². The molecule has 1 N–H and O–H groups in total. The minimum Gasteiger partial charge on any atom is -0.392 e. The first-order valence-corrected chi connectivity index (χ1v) is 6.64. The Morgan fingerprint density at radius 3 is 2.56 bits per heavy atom. The van der Waals surface area contributed by atoms with Crippen LogP contribution in [0.1, 0.15) is 18.1 Å². The highest BCUT2D eigenvalue weighted by molar-refractivity contribution is 5.55. The summed E-state index contributed by atoms with van der Waals surface area (Å²) in [6.07, 6.45) is 0. The van der Waals surface area contributed by atoms with Crippen molar-refractivity contribution in [2.24, 2.45) is 5.92 Å². The quantitative estimate of drug-likeness (QED) is 0.884. The van der Waals surface area contributed by atoms with Crippen molar-refractivity contribution < 1.29 is 5.11 Å². The maximum Gasteiger partial charge on any atom is 0.0681 e. The highest BCUT2D eigenvalue weighted by Crippen LogP contribution is 2.29. The van der Waals surface area contributed by atoms with Gasteiger partial charge in [0.05, 0.1) is 6.61 Å². The van der Waals surface area contributed by atoms with E-state index in [-0.39, 0.29) is 6.61 Å². The summed E-state index contributed by atoms with van der Waals surface area (Å²) in [6, 6.07) is 6.88. The first-order chi connectivity index (χ1) is 8.52. The predicted octanol–water partition coefficient (Wildman–Crippen LogP) is 1.87. The summed E-state index contributed by atoms with van der Waals surface area (Å²) in [4.78, 5) is 4.79. The van der Waals surface area contributed by atoms with Crippen molar-refractivity contribution in [2.75, 3.05) is 32.1 Å². The van der Waals surface area contributed by atoms with E-state index in [4.69, 9.17) is 5.11 Å². The summed E-state index contributed by atoms with van der Waals surface area (Å²) in [5.74, 6) is 0.692. The van der Waals surface area contributed by atoms with Crippen molar-refractivity contribution in [1.29, 1.82) is 0 Å². The lowest BCUT2D eigenvalue weighted by Gasteiger charge is -2.24. The summed E-state index contributed by atoms with van der Waals surface area (Å²) >= 11 is 0. The zero-order valence-electron chi connectivity index (χ0n) is 11.8. The van der Waals surface area contributed by atoms with E-state index < -0.39 is 0 Å². The normalized spacial score (nSPS) is 24.0. The standard InChI is InChI=1S/C15H24N2O/c1-11-7-13(10-18)5-6-14(11)17-8-12(2)15(9-17)16(3)4/h5-7,12,15,18H,8-10H2,1-4H3. The third kappa shape index (κ3) is 2.52. The van der Waals surface area contributed by atoms with Crippen molar-refractivity contribution in [1.82, 2.24) is 4.90 Å². The van der Waals surface area contributed by atoms with Crippen molar-refractivity contribution >= 4 is 5.69 Å². The molecule has 1 fully saturated rings. The molecule has 0 saturated carbocycles. The van der Waals surface area contributed by atoms with Gasteiger partial charge in [-0.25, -0.2) is 0 Å². The maximum absolute atomic E-state index is 9.15. The van der Waals surface area contributed by atoms with Crippen molar-refractivity contribution in [3.63, 3.8) is 0 Å². The van der Waals surface area contributed by atoms with Crippen LogP contribution in [0, 0.1) is 12.8 Å². The molecule has 2 unspecified atom stereocenters. The van der Waals surface area contributed by atoms with Gasteiger partial charge in [-0.05, 0) is 44.1 Å². The van der Waals surface area contributed by atoms with Crippen LogP contribution in [-0.2, 0) is 6.61 Å². The molecule has 0 radical (unpaired) electrons. The largest absolute Gasteiger partial charge is 0.392 e. The maximum atomic E-state index is 9.15. The molecule has 3 heteroatoms. The molecule has 1 heterocycles. The minimum absolute atomic E-state index is 0.123. The lowest BCUT2D eigenvalue weighted by Crippen LogP contribution is -2.34. The van der Waals surface area contributed by atoms with Crippen LogP contribution in [0.3, 0.4) is 0 Å². The fourth-order valence-corrected chi connectivity index (χ4v) is 2.99.